The van der Waals surface area contributed by atoms with Crippen LogP contribution in [-0.2, 0) is 9.59 Å². The quantitative estimate of drug-likeness (QED) is 0.707. The Bertz CT molecular complexity index is 318. The van der Waals surface area contributed by atoms with Gasteiger partial charge >= 0.3 is 12.0 Å². The maximum atomic E-state index is 12.0. The van der Waals surface area contributed by atoms with Gasteiger partial charge < -0.3 is 10.0 Å². The average molecular weight is 272 g/mol. The predicted molar refractivity (Wildman–Crippen MR) is 71.8 cm³/mol. The van der Waals surface area contributed by atoms with Gasteiger partial charge in [-0.05, 0) is 19.8 Å². The number of carbonyl (C=O) groups is 3. The Balaban J connectivity index is 4.37. The van der Waals surface area contributed by atoms with Gasteiger partial charge in [0.25, 0.3) is 0 Å². The molecule has 0 aliphatic carbocycles. The molecule has 0 aromatic heterocycles. The molecule has 0 aliphatic rings. The van der Waals surface area contributed by atoms with Crippen LogP contribution in [0.25, 0.3) is 0 Å². The predicted octanol–water partition coefficient (Wildman–Crippen LogP) is 1.99. The minimum absolute atomic E-state index is 0.0545. The van der Waals surface area contributed by atoms with Gasteiger partial charge in [-0.15, -0.1) is 0 Å². The van der Waals surface area contributed by atoms with Gasteiger partial charge in [-0.25, -0.2) is 4.79 Å². The summed E-state index contributed by atoms with van der Waals surface area (Å²) < 4.78 is 0. The standard InChI is InChI=1S/C13H24N2O4/c1-4-6-9-15(10(3)5-2)13(19)14-11(16)7-8-12(17)18/h10H,4-9H2,1-3H3,(H,17,18)(H,14,16,19). The van der Waals surface area contributed by atoms with Gasteiger partial charge in [0.05, 0.1) is 6.42 Å². The zero-order valence-corrected chi connectivity index (χ0v) is 11.9. The lowest BCUT2D eigenvalue weighted by Gasteiger charge is -2.28. The Morgan fingerprint density at radius 1 is 1.21 bits per heavy atom. The molecule has 19 heavy (non-hydrogen) atoms. The van der Waals surface area contributed by atoms with Crippen LogP contribution in [0, 0.1) is 0 Å². The van der Waals surface area contributed by atoms with Crippen LogP contribution in [-0.4, -0.2) is 40.5 Å². The van der Waals surface area contributed by atoms with Gasteiger partial charge in [0, 0.05) is 19.0 Å². The number of amides is 3. The summed E-state index contributed by atoms with van der Waals surface area (Å²) in [7, 11) is 0. The van der Waals surface area contributed by atoms with Crippen molar-refractivity contribution in [2.24, 2.45) is 0 Å². The van der Waals surface area contributed by atoms with E-state index in [0.29, 0.717) is 6.54 Å². The van der Waals surface area contributed by atoms with Crippen LogP contribution in [0.1, 0.15) is 52.9 Å². The summed E-state index contributed by atoms with van der Waals surface area (Å²) in [5.74, 6) is -1.59. The summed E-state index contributed by atoms with van der Waals surface area (Å²) in [5, 5.41) is 10.7. The van der Waals surface area contributed by atoms with E-state index in [4.69, 9.17) is 5.11 Å². The first-order valence-corrected chi connectivity index (χ1v) is 6.74. The molecule has 3 amide bonds. The third-order valence-corrected chi connectivity index (χ3v) is 2.95. The minimum Gasteiger partial charge on any atom is -0.481 e. The Kier molecular flexibility index (Phi) is 8.57. The number of nitrogens with one attached hydrogen (secondary N) is 1. The monoisotopic (exact) mass is 272 g/mol. The van der Waals surface area contributed by atoms with Crippen molar-refractivity contribution in [3.63, 3.8) is 0 Å². The number of carboxylic acids is 1. The highest BCUT2D eigenvalue weighted by Gasteiger charge is 2.20. The Morgan fingerprint density at radius 2 is 1.84 bits per heavy atom. The topological polar surface area (TPSA) is 86.7 Å². The van der Waals surface area contributed by atoms with E-state index in [9.17, 15) is 14.4 Å². The number of carboxylic acid groups (broad SMARTS) is 1. The molecule has 0 spiro atoms. The fraction of sp³-hybridized carbons (Fsp3) is 0.769. The first kappa shape index (κ1) is 17.4. The van der Waals surface area contributed by atoms with E-state index in [2.05, 4.69) is 5.32 Å². The van der Waals surface area contributed by atoms with Crippen molar-refractivity contribution in [2.45, 2.75) is 58.9 Å². The van der Waals surface area contributed by atoms with Crippen molar-refractivity contribution in [1.82, 2.24) is 10.2 Å². The van der Waals surface area contributed by atoms with Crippen LogP contribution in [0.3, 0.4) is 0 Å². The largest absolute Gasteiger partial charge is 0.481 e. The number of aliphatic carboxylic acids is 1. The molecule has 0 fully saturated rings. The van der Waals surface area contributed by atoms with E-state index in [1.54, 1.807) is 4.90 Å². The van der Waals surface area contributed by atoms with Crippen LogP contribution in [0.2, 0.25) is 0 Å². The lowest BCUT2D eigenvalue weighted by molar-refractivity contribution is -0.138. The van der Waals surface area contributed by atoms with E-state index in [1.165, 1.54) is 0 Å². The molecular formula is C13H24N2O4. The zero-order chi connectivity index (χ0) is 14.8. The van der Waals surface area contributed by atoms with Crippen LogP contribution < -0.4 is 5.32 Å². The molecule has 0 radical (unpaired) electrons. The van der Waals surface area contributed by atoms with Crippen molar-refractivity contribution in [3.05, 3.63) is 0 Å². The van der Waals surface area contributed by atoms with E-state index in [-0.39, 0.29) is 18.9 Å². The Labute approximate surface area is 114 Å². The summed E-state index contributed by atoms with van der Waals surface area (Å²) >= 11 is 0. The van der Waals surface area contributed by atoms with Gasteiger partial charge in [-0.3, -0.25) is 14.9 Å². The third-order valence-electron chi connectivity index (χ3n) is 2.95. The molecule has 6 nitrogen and oxygen atoms in total. The Hall–Kier alpha value is -1.59. The Morgan fingerprint density at radius 3 is 2.32 bits per heavy atom. The molecule has 1 unspecified atom stereocenters. The van der Waals surface area contributed by atoms with Crippen LogP contribution in [0.15, 0.2) is 0 Å². The summed E-state index contributed by atoms with van der Waals surface area (Å²) in [6.45, 7) is 6.54. The van der Waals surface area contributed by atoms with Gasteiger partial charge in [0.1, 0.15) is 0 Å². The van der Waals surface area contributed by atoms with Crippen LogP contribution in [0.4, 0.5) is 4.79 Å². The number of hydrogen-bond donors (Lipinski definition) is 2. The SMILES string of the molecule is CCCCN(C(=O)NC(=O)CCC(=O)O)C(C)CC. The molecule has 0 rings (SSSR count). The minimum atomic E-state index is -1.05. The summed E-state index contributed by atoms with van der Waals surface area (Å²) in [4.78, 5) is 35.3. The molecule has 110 valence electrons. The summed E-state index contributed by atoms with van der Waals surface area (Å²) in [5.41, 5.74) is 0. The molecule has 0 aromatic rings. The van der Waals surface area contributed by atoms with Crippen molar-refractivity contribution in [2.75, 3.05) is 6.54 Å². The lowest BCUT2D eigenvalue weighted by Crippen LogP contribution is -2.47. The molecule has 0 heterocycles. The fourth-order valence-corrected chi connectivity index (χ4v) is 1.54. The van der Waals surface area contributed by atoms with E-state index in [0.717, 1.165) is 19.3 Å². The van der Waals surface area contributed by atoms with Crippen LogP contribution in [0.5, 0.6) is 0 Å². The lowest BCUT2D eigenvalue weighted by atomic mass is 10.2. The molecule has 0 saturated carbocycles. The maximum absolute atomic E-state index is 12.0. The van der Waals surface area contributed by atoms with E-state index in [1.807, 2.05) is 20.8 Å². The fourth-order valence-electron chi connectivity index (χ4n) is 1.54. The van der Waals surface area contributed by atoms with Gasteiger partial charge in [-0.1, -0.05) is 20.3 Å². The molecular weight excluding hydrogens is 248 g/mol. The van der Waals surface area contributed by atoms with Crippen LogP contribution >= 0.6 is 0 Å². The second kappa shape index (κ2) is 9.35. The molecule has 2 N–H and O–H groups in total. The van der Waals surface area contributed by atoms with Crippen molar-refractivity contribution < 1.29 is 19.5 Å². The average Bonchev–Trinajstić information content (AvgIpc) is 2.36. The van der Waals surface area contributed by atoms with Gasteiger partial charge in [0.2, 0.25) is 5.91 Å². The molecule has 0 aliphatic heterocycles. The smallest absolute Gasteiger partial charge is 0.324 e. The number of nitrogens with zero attached hydrogens (tertiary/aromatic N) is 1. The highest BCUT2D eigenvalue weighted by Crippen LogP contribution is 2.06. The first-order chi connectivity index (χ1) is 8.92. The maximum Gasteiger partial charge on any atom is 0.324 e. The van der Waals surface area contributed by atoms with E-state index >= 15 is 0 Å². The number of imide groups is 1. The summed E-state index contributed by atoms with van der Waals surface area (Å²) in [6.07, 6.45) is 2.20. The molecule has 0 aromatic carbocycles. The molecule has 0 saturated heterocycles. The second-order valence-electron chi connectivity index (χ2n) is 4.55. The summed E-state index contributed by atoms with van der Waals surface area (Å²) in [6, 6.07) is -0.378. The molecule has 6 heteroatoms. The normalized spacial score (nSPS) is 11.7. The van der Waals surface area contributed by atoms with Gasteiger partial charge in [0.15, 0.2) is 0 Å². The number of rotatable bonds is 8. The van der Waals surface area contributed by atoms with Crippen molar-refractivity contribution in [1.29, 1.82) is 0 Å². The second-order valence-corrected chi connectivity index (χ2v) is 4.55. The number of hydrogen-bond acceptors (Lipinski definition) is 3. The third kappa shape index (κ3) is 7.43. The number of urea groups is 1. The number of unbranched alkanes of at least 4 members (excludes halogenated alkanes) is 1. The number of carbonyl (C=O) groups excluding carboxylic acids is 2. The highest BCUT2D eigenvalue weighted by atomic mass is 16.4. The molecule has 1 atom stereocenters. The van der Waals surface area contributed by atoms with Crippen molar-refractivity contribution in [3.8, 4) is 0 Å². The highest BCUT2D eigenvalue weighted by molar-refractivity contribution is 5.95. The molecule has 0 bridgehead atoms. The zero-order valence-electron chi connectivity index (χ0n) is 11.9. The van der Waals surface area contributed by atoms with Gasteiger partial charge in [-0.2, -0.15) is 0 Å². The first-order valence-electron chi connectivity index (χ1n) is 6.74. The van der Waals surface area contributed by atoms with Crippen molar-refractivity contribution >= 4 is 17.9 Å². The van der Waals surface area contributed by atoms with E-state index < -0.39 is 17.9 Å².